The van der Waals surface area contributed by atoms with Gasteiger partial charge in [0, 0.05) is 4.90 Å². The van der Waals surface area contributed by atoms with Gasteiger partial charge in [0.1, 0.15) is 0 Å². The van der Waals surface area contributed by atoms with Gasteiger partial charge in [-0.25, -0.2) is 0 Å². The molecule has 0 heterocycles. The van der Waals surface area contributed by atoms with Crippen LogP contribution in [-0.4, -0.2) is 11.4 Å². The van der Waals surface area contributed by atoms with Gasteiger partial charge in [-0.2, -0.15) is 0 Å². The van der Waals surface area contributed by atoms with Crippen LogP contribution in [0.5, 0.6) is 0 Å². The molecule has 0 bridgehead atoms. The Balaban J connectivity index is 0.00000162. The fourth-order valence-corrected chi connectivity index (χ4v) is 3.42. The first-order chi connectivity index (χ1) is 8.29. The van der Waals surface area contributed by atoms with E-state index in [2.05, 4.69) is 24.3 Å². The van der Waals surface area contributed by atoms with E-state index in [0.29, 0.717) is 0 Å². The Morgan fingerprint density at radius 1 is 1.06 bits per heavy atom. The molecule has 0 saturated heterocycles. The predicted octanol–water partition coefficient (Wildman–Crippen LogP) is 0.626. The molecule has 1 aliphatic rings. The molecule has 1 saturated carbocycles. The van der Waals surface area contributed by atoms with Crippen LogP contribution in [0, 0.1) is 0 Å². The van der Waals surface area contributed by atoms with Gasteiger partial charge < -0.3 is 5.11 Å². The molecule has 0 unspecified atom stereocenters. The maximum absolute atomic E-state index is 12.3. The third-order valence-corrected chi connectivity index (χ3v) is 4.65. The second-order valence-electron chi connectivity index (χ2n) is 5.01. The van der Waals surface area contributed by atoms with Crippen molar-refractivity contribution in [1.82, 2.24) is 0 Å². The molecule has 18 heavy (non-hydrogen) atoms. The number of rotatable bonds is 5. The van der Waals surface area contributed by atoms with Gasteiger partial charge in [0.15, 0.2) is 0 Å². The molecular weight excluding hydrogens is 235 g/mol. The molecule has 0 aromatic heterocycles. The van der Waals surface area contributed by atoms with Gasteiger partial charge in [-0.3, -0.25) is 0 Å². The smallest absolute Gasteiger partial charge is 0.849 e. The van der Waals surface area contributed by atoms with Gasteiger partial charge >= 0.3 is 18.9 Å². The van der Waals surface area contributed by atoms with Gasteiger partial charge in [-0.05, 0) is 24.3 Å². The first kappa shape index (κ1) is 16.2. The van der Waals surface area contributed by atoms with Gasteiger partial charge in [0.25, 0.3) is 0 Å². The van der Waals surface area contributed by atoms with Crippen molar-refractivity contribution in [3.63, 3.8) is 0 Å². The Morgan fingerprint density at radius 2 is 1.72 bits per heavy atom. The average Bonchev–Trinajstić information content (AvgIpc) is 2.37. The van der Waals surface area contributed by atoms with Gasteiger partial charge in [-0.1, -0.05) is 56.7 Å². The third-order valence-electron chi connectivity index (χ3n) is 3.55. The van der Waals surface area contributed by atoms with Crippen molar-refractivity contribution in [2.24, 2.45) is 0 Å². The van der Waals surface area contributed by atoms with Crippen LogP contribution >= 0.6 is 11.8 Å². The number of hydrogen-bond acceptors (Lipinski definition) is 2. The number of hydrogen-bond donors (Lipinski definition) is 0. The summed E-state index contributed by atoms with van der Waals surface area (Å²) in [6.45, 7) is 0. The zero-order valence-electron chi connectivity index (χ0n) is 11.4. The molecule has 0 aliphatic heterocycles. The number of thioether (sulfide) groups is 1. The Kier molecular flexibility index (Phi) is 7.49. The molecular formula is C15H21LiOS. The van der Waals surface area contributed by atoms with Gasteiger partial charge in [0.2, 0.25) is 0 Å². The van der Waals surface area contributed by atoms with Crippen LogP contribution in [0.15, 0.2) is 35.2 Å². The van der Waals surface area contributed by atoms with Crippen molar-refractivity contribution < 1.29 is 24.0 Å². The molecule has 3 heteroatoms. The Hall–Kier alpha value is 0.127. The minimum atomic E-state index is -0.588. The maximum atomic E-state index is 12.3. The molecule has 0 radical (unpaired) electrons. The van der Waals surface area contributed by atoms with Crippen molar-refractivity contribution in [1.29, 1.82) is 0 Å². The summed E-state index contributed by atoms with van der Waals surface area (Å²) in [5.41, 5.74) is -0.588. The quantitative estimate of drug-likeness (QED) is 0.438. The van der Waals surface area contributed by atoms with Crippen LogP contribution in [0.3, 0.4) is 0 Å². The van der Waals surface area contributed by atoms with E-state index < -0.39 is 5.60 Å². The minimum absolute atomic E-state index is 0. The summed E-state index contributed by atoms with van der Waals surface area (Å²) in [5.74, 6) is 1.08. The summed E-state index contributed by atoms with van der Waals surface area (Å²) in [5, 5.41) is 12.3. The van der Waals surface area contributed by atoms with E-state index in [4.69, 9.17) is 0 Å². The van der Waals surface area contributed by atoms with Crippen molar-refractivity contribution in [2.75, 3.05) is 5.75 Å². The second kappa shape index (κ2) is 8.33. The SMILES string of the molecule is [Li+].[O-]C1(CCCSc2ccccc2)CCCCC1. The standard InChI is InChI=1S/C15H21OS.Li/c16-15(10-5-2-6-11-15)12-7-13-17-14-8-3-1-4-9-14;/h1,3-4,8-9H,2,5-7,10-13H2;/q-1;+1. The predicted molar refractivity (Wildman–Crippen MR) is 72.2 cm³/mol. The van der Waals surface area contributed by atoms with Crippen LogP contribution < -0.4 is 24.0 Å². The fraction of sp³-hybridized carbons (Fsp3) is 0.600. The van der Waals surface area contributed by atoms with E-state index in [1.807, 2.05) is 17.8 Å². The summed E-state index contributed by atoms with van der Waals surface area (Å²) in [4.78, 5) is 1.32. The topological polar surface area (TPSA) is 23.1 Å². The maximum Gasteiger partial charge on any atom is 1.00 e. The first-order valence-corrected chi connectivity index (χ1v) is 7.65. The van der Waals surface area contributed by atoms with Gasteiger partial charge in [-0.15, -0.1) is 17.4 Å². The van der Waals surface area contributed by atoms with Gasteiger partial charge in [0.05, 0.1) is 0 Å². The second-order valence-corrected chi connectivity index (χ2v) is 6.18. The molecule has 1 aromatic rings. The Morgan fingerprint density at radius 3 is 2.39 bits per heavy atom. The molecule has 2 rings (SSSR count). The summed E-state index contributed by atoms with van der Waals surface area (Å²) in [6, 6.07) is 10.5. The number of benzene rings is 1. The molecule has 1 aromatic carbocycles. The molecule has 1 aliphatic carbocycles. The van der Waals surface area contributed by atoms with E-state index in [0.717, 1.165) is 44.3 Å². The van der Waals surface area contributed by atoms with Crippen molar-refractivity contribution in [3.05, 3.63) is 30.3 Å². The molecule has 1 nitrogen and oxygen atoms in total. The normalized spacial score (nSPS) is 18.1. The first-order valence-electron chi connectivity index (χ1n) is 6.67. The van der Waals surface area contributed by atoms with Crippen molar-refractivity contribution in [2.45, 2.75) is 55.4 Å². The van der Waals surface area contributed by atoms with Crippen LogP contribution in [0.4, 0.5) is 0 Å². The average molecular weight is 256 g/mol. The van der Waals surface area contributed by atoms with Crippen molar-refractivity contribution >= 4 is 11.8 Å². The monoisotopic (exact) mass is 256 g/mol. The third kappa shape index (κ3) is 5.41. The van der Waals surface area contributed by atoms with Crippen LogP contribution in [0.25, 0.3) is 0 Å². The molecule has 0 atom stereocenters. The fourth-order valence-electron chi connectivity index (χ4n) is 2.55. The van der Waals surface area contributed by atoms with E-state index >= 15 is 0 Å². The summed E-state index contributed by atoms with van der Waals surface area (Å²) >= 11 is 1.87. The zero-order valence-corrected chi connectivity index (χ0v) is 12.2. The van der Waals surface area contributed by atoms with Crippen LogP contribution in [0.1, 0.15) is 44.9 Å². The summed E-state index contributed by atoms with van der Waals surface area (Å²) in [6.07, 6.45) is 7.30. The van der Waals surface area contributed by atoms with Crippen LogP contribution in [-0.2, 0) is 0 Å². The van der Waals surface area contributed by atoms with Crippen LogP contribution in [0.2, 0.25) is 0 Å². The molecule has 1 fully saturated rings. The molecule has 0 amide bonds. The Labute approximate surface area is 127 Å². The van der Waals surface area contributed by atoms with E-state index in [1.54, 1.807) is 0 Å². The van der Waals surface area contributed by atoms with Crippen molar-refractivity contribution in [3.8, 4) is 0 Å². The van der Waals surface area contributed by atoms with E-state index in [9.17, 15) is 5.11 Å². The van der Waals surface area contributed by atoms with E-state index in [1.165, 1.54) is 11.3 Å². The Bertz CT molecular complexity index is 323. The molecule has 0 N–H and O–H groups in total. The molecule has 94 valence electrons. The minimum Gasteiger partial charge on any atom is -0.849 e. The summed E-state index contributed by atoms with van der Waals surface area (Å²) in [7, 11) is 0. The zero-order chi connectivity index (χ0) is 12.0. The molecule has 0 spiro atoms. The summed E-state index contributed by atoms with van der Waals surface area (Å²) < 4.78 is 0. The largest absolute Gasteiger partial charge is 1.00 e. The van der Waals surface area contributed by atoms with E-state index in [-0.39, 0.29) is 18.9 Å².